The lowest BCUT2D eigenvalue weighted by molar-refractivity contribution is -0.107. The van der Waals surface area contributed by atoms with Gasteiger partial charge in [-0.05, 0) is 111 Å². The molecule has 0 amide bonds. The van der Waals surface area contributed by atoms with E-state index in [0.717, 1.165) is 0 Å². The van der Waals surface area contributed by atoms with Gasteiger partial charge in [0.05, 0.1) is 44.8 Å². The van der Waals surface area contributed by atoms with Crippen LogP contribution in [0.1, 0.15) is 111 Å². The molecule has 0 aromatic carbocycles. The second kappa shape index (κ2) is 11.9. The van der Waals surface area contributed by atoms with Gasteiger partial charge in [0.25, 0.3) is 0 Å². The molecule has 0 aliphatic heterocycles. The van der Waals surface area contributed by atoms with Crippen LogP contribution < -0.4 is 0 Å². The fourth-order valence-electron chi connectivity index (χ4n) is 0. The first-order valence-corrected chi connectivity index (χ1v) is 10.8. The van der Waals surface area contributed by atoms with Crippen molar-refractivity contribution in [1.29, 1.82) is 0 Å². The van der Waals surface area contributed by atoms with Gasteiger partial charge in [-0.15, -0.1) is 0 Å². The first-order valence-electron chi connectivity index (χ1n) is 10.8. The van der Waals surface area contributed by atoms with E-state index in [-0.39, 0.29) is 0 Å². The van der Waals surface area contributed by atoms with Crippen molar-refractivity contribution in [2.45, 2.75) is 156 Å². The monoisotopic (exact) mass is 472 g/mol. The summed E-state index contributed by atoms with van der Waals surface area (Å²) in [5.74, 6) is 0. The largest absolute Gasteiger partial charge is 0.387 e. The number of hydrogen-bond acceptors (Lipinski definition) is 8. The molecule has 0 bridgehead atoms. The molecule has 0 aromatic rings. The lowest BCUT2D eigenvalue weighted by Crippen LogP contribution is -2.44. The Bertz CT molecular complexity index is 342. The molecule has 0 saturated heterocycles. The molecule has 0 saturated carbocycles. The molecule has 0 spiro atoms. The Kier molecular flexibility index (Phi) is 14.5. The third kappa shape index (κ3) is 19.2. The molecule has 0 atom stereocenters. The second-order valence-corrected chi connectivity index (χ2v) is 12.5. The van der Waals surface area contributed by atoms with Crippen molar-refractivity contribution >= 4 is 0 Å². The van der Waals surface area contributed by atoms with Crippen molar-refractivity contribution in [2.24, 2.45) is 0 Å². The van der Waals surface area contributed by atoms with E-state index < -0.39 is 44.8 Å². The quantitative estimate of drug-likeness (QED) is 0.308. The zero-order valence-electron chi connectivity index (χ0n) is 23.6. The number of rotatable bonds is 4. The Morgan fingerprint density at radius 2 is 0.219 bits per heavy atom. The zero-order valence-corrected chi connectivity index (χ0v) is 23.6. The summed E-state index contributed by atoms with van der Waals surface area (Å²) in [6.07, 6.45) is 0. The van der Waals surface area contributed by atoms with E-state index in [9.17, 15) is 0 Å². The van der Waals surface area contributed by atoms with Crippen LogP contribution in [0.3, 0.4) is 0 Å². The predicted molar refractivity (Wildman–Crippen MR) is 130 cm³/mol. The van der Waals surface area contributed by atoms with E-state index in [1.165, 1.54) is 0 Å². The number of aliphatic hydroxyl groups is 8. The molecular weight excluding hydrogens is 416 g/mol. The van der Waals surface area contributed by atoms with Crippen LogP contribution in [0.2, 0.25) is 0 Å². The van der Waals surface area contributed by atoms with Crippen LogP contribution in [0.15, 0.2) is 0 Å². The molecule has 0 aliphatic carbocycles. The molecule has 0 aliphatic rings. The van der Waals surface area contributed by atoms with Gasteiger partial charge in [-0.25, -0.2) is 0 Å². The van der Waals surface area contributed by atoms with Gasteiger partial charge in [0, 0.05) is 0 Å². The van der Waals surface area contributed by atoms with Crippen molar-refractivity contribution in [2.75, 3.05) is 0 Å². The molecule has 0 radical (unpaired) electrons. The van der Waals surface area contributed by atoms with Crippen molar-refractivity contribution in [1.82, 2.24) is 0 Å². The summed E-state index contributed by atoms with van der Waals surface area (Å²) in [5.41, 5.74) is -8.06. The van der Waals surface area contributed by atoms with Crippen LogP contribution in [0.25, 0.3) is 0 Å². The van der Waals surface area contributed by atoms with Crippen LogP contribution in [0.4, 0.5) is 0 Å². The summed E-state index contributed by atoms with van der Waals surface area (Å²) in [6.45, 7) is 25.2. The van der Waals surface area contributed by atoms with E-state index >= 15 is 0 Å². The maximum atomic E-state index is 9.10. The Balaban J connectivity index is -0.000000163. The van der Waals surface area contributed by atoms with Crippen molar-refractivity contribution in [3.8, 4) is 0 Å². The molecule has 32 heavy (non-hydrogen) atoms. The fourth-order valence-corrected chi connectivity index (χ4v) is 0. The number of hydrogen-bond donors (Lipinski definition) is 8. The van der Waals surface area contributed by atoms with Crippen LogP contribution >= 0.6 is 0 Å². The summed E-state index contributed by atoms with van der Waals surface area (Å²) in [7, 11) is 0. The average Bonchev–Trinajstić information content (AvgIpc) is 2.30. The molecule has 8 N–H and O–H groups in total. The zero-order chi connectivity index (χ0) is 28.0. The molecule has 0 heterocycles. The van der Waals surface area contributed by atoms with Gasteiger partial charge >= 0.3 is 0 Å². The molecule has 0 aromatic heterocycles. The lowest BCUT2D eigenvalue weighted by atomic mass is 9.90. The smallest absolute Gasteiger partial charge is 0.0872 e. The first-order chi connectivity index (χ1) is 13.0. The van der Waals surface area contributed by atoms with Gasteiger partial charge in [-0.2, -0.15) is 0 Å². The van der Waals surface area contributed by atoms with Gasteiger partial charge in [-0.3, -0.25) is 0 Å². The van der Waals surface area contributed by atoms with E-state index in [1.54, 1.807) is 111 Å². The van der Waals surface area contributed by atoms with E-state index in [0.29, 0.717) is 0 Å². The predicted octanol–water partition coefficient (Wildman–Crippen LogP) is 2.11. The van der Waals surface area contributed by atoms with Crippen molar-refractivity contribution in [3.63, 3.8) is 0 Å². The molecule has 8 heteroatoms. The average molecular weight is 473 g/mol. The maximum Gasteiger partial charge on any atom is 0.0872 e. The highest BCUT2D eigenvalue weighted by Crippen LogP contribution is 2.21. The molecule has 0 rings (SSSR count). The normalized spacial score (nSPS) is 14.2. The topological polar surface area (TPSA) is 162 Å². The summed E-state index contributed by atoms with van der Waals surface area (Å²) < 4.78 is 0. The Hall–Kier alpha value is -0.320. The Morgan fingerprint density at radius 1 is 0.188 bits per heavy atom. The second-order valence-electron chi connectivity index (χ2n) is 12.5. The summed E-state index contributed by atoms with van der Waals surface area (Å²) in [6, 6.07) is 0. The summed E-state index contributed by atoms with van der Waals surface area (Å²) in [5, 5.41) is 72.8. The van der Waals surface area contributed by atoms with Crippen LogP contribution in [0.5, 0.6) is 0 Å². The molecule has 200 valence electrons. The standard InChI is InChI=1S/4C6H14O2/c4*1-5(2,7)6(3,4)8/h4*7-8H,1-4H3. The van der Waals surface area contributed by atoms with Crippen molar-refractivity contribution < 1.29 is 40.9 Å². The molecule has 0 unspecified atom stereocenters. The van der Waals surface area contributed by atoms with Crippen molar-refractivity contribution in [3.05, 3.63) is 0 Å². The van der Waals surface area contributed by atoms with Gasteiger partial charge in [0.1, 0.15) is 0 Å². The summed E-state index contributed by atoms with van der Waals surface area (Å²) in [4.78, 5) is 0. The van der Waals surface area contributed by atoms with Gasteiger partial charge in [0.2, 0.25) is 0 Å². The third-order valence-electron chi connectivity index (χ3n) is 5.99. The van der Waals surface area contributed by atoms with Gasteiger partial charge in [0.15, 0.2) is 0 Å². The summed E-state index contributed by atoms with van der Waals surface area (Å²) >= 11 is 0. The molecule has 8 nitrogen and oxygen atoms in total. The molecule has 0 fully saturated rings. The van der Waals surface area contributed by atoms with Crippen LogP contribution in [0, 0.1) is 0 Å². The molecular formula is C24H56O8. The van der Waals surface area contributed by atoms with Gasteiger partial charge in [-0.1, -0.05) is 0 Å². The maximum absolute atomic E-state index is 9.10. The lowest BCUT2D eigenvalue weighted by Gasteiger charge is -2.31. The van der Waals surface area contributed by atoms with E-state index in [4.69, 9.17) is 40.9 Å². The minimum absolute atomic E-state index is 1.01. The Morgan fingerprint density at radius 3 is 0.219 bits per heavy atom. The highest BCUT2D eigenvalue weighted by Gasteiger charge is 2.33. The highest BCUT2D eigenvalue weighted by atomic mass is 16.4. The third-order valence-corrected chi connectivity index (χ3v) is 5.99. The minimum atomic E-state index is -1.01. The first kappa shape index (κ1) is 38.9. The highest BCUT2D eigenvalue weighted by molar-refractivity contribution is 4.86. The van der Waals surface area contributed by atoms with Crippen LogP contribution in [-0.4, -0.2) is 85.7 Å². The fraction of sp³-hybridized carbons (Fsp3) is 1.00. The Labute approximate surface area is 197 Å². The van der Waals surface area contributed by atoms with Gasteiger partial charge < -0.3 is 40.9 Å². The minimum Gasteiger partial charge on any atom is -0.387 e. The van der Waals surface area contributed by atoms with E-state index in [2.05, 4.69) is 0 Å². The van der Waals surface area contributed by atoms with Crippen LogP contribution in [-0.2, 0) is 0 Å². The SMILES string of the molecule is CC(C)(O)C(C)(C)O.CC(C)(O)C(C)(C)O.CC(C)(O)C(C)(C)O.CC(C)(O)C(C)(C)O. The van der Waals surface area contributed by atoms with E-state index in [1.807, 2.05) is 0 Å².